The van der Waals surface area contributed by atoms with Gasteiger partial charge in [-0.25, -0.2) is 13.2 Å². The van der Waals surface area contributed by atoms with Gasteiger partial charge in [-0.3, -0.25) is 4.79 Å². The van der Waals surface area contributed by atoms with Crippen LogP contribution in [0.5, 0.6) is 0 Å². The van der Waals surface area contributed by atoms with Gasteiger partial charge in [0, 0.05) is 24.4 Å². The van der Waals surface area contributed by atoms with Crippen molar-refractivity contribution >= 4 is 27.5 Å². The zero-order valence-electron chi connectivity index (χ0n) is 11.8. The smallest absolute Gasteiger partial charge is 0.319 e. The topological polar surface area (TPSA) is 113 Å². The number of carboxylic acid groups (broad SMARTS) is 1. The summed E-state index contributed by atoms with van der Waals surface area (Å²) in [4.78, 5) is 22.2. The predicted molar refractivity (Wildman–Crippen MR) is 78.0 cm³/mol. The Kier molecular flexibility index (Phi) is 5.71. The molecule has 0 aliphatic rings. The van der Waals surface area contributed by atoms with Crippen molar-refractivity contribution in [2.45, 2.75) is 30.7 Å². The number of hydrogen-bond acceptors (Lipinski definition) is 4. The summed E-state index contributed by atoms with van der Waals surface area (Å²) in [5, 5.41) is 13.7. The number of amides is 2. The lowest BCUT2D eigenvalue weighted by atomic mass is 10.2. The van der Waals surface area contributed by atoms with E-state index >= 15 is 0 Å². The summed E-state index contributed by atoms with van der Waals surface area (Å²) in [5.74, 6) is -0.916. The molecule has 0 bridgehead atoms. The van der Waals surface area contributed by atoms with E-state index in [1.807, 2.05) is 0 Å². The zero-order valence-corrected chi connectivity index (χ0v) is 12.6. The van der Waals surface area contributed by atoms with Crippen molar-refractivity contribution < 1.29 is 23.1 Å². The first-order valence-electron chi connectivity index (χ1n) is 6.28. The van der Waals surface area contributed by atoms with Gasteiger partial charge in [0.2, 0.25) is 0 Å². The number of carboxylic acids is 1. The number of urea groups is 1. The van der Waals surface area contributed by atoms with Gasteiger partial charge in [-0.05, 0) is 37.6 Å². The van der Waals surface area contributed by atoms with Gasteiger partial charge in [0.25, 0.3) is 0 Å². The maximum absolute atomic E-state index is 11.7. The van der Waals surface area contributed by atoms with E-state index in [0.29, 0.717) is 12.1 Å². The van der Waals surface area contributed by atoms with Gasteiger partial charge in [-0.15, -0.1) is 0 Å². The zero-order chi connectivity index (χ0) is 16.0. The maximum Gasteiger partial charge on any atom is 0.319 e. The van der Waals surface area contributed by atoms with E-state index in [1.54, 1.807) is 6.92 Å². The van der Waals surface area contributed by atoms with Gasteiger partial charge in [0.15, 0.2) is 9.84 Å². The molecular weight excluding hydrogens is 296 g/mol. The lowest BCUT2D eigenvalue weighted by Gasteiger charge is -2.13. The molecule has 0 fully saturated rings. The summed E-state index contributed by atoms with van der Waals surface area (Å²) < 4.78 is 22.6. The summed E-state index contributed by atoms with van der Waals surface area (Å²) in [6.07, 6.45) is 1.41. The second-order valence-electron chi connectivity index (χ2n) is 4.73. The van der Waals surface area contributed by atoms with E-state index in [4.69, 9.17) is 5.11 Å². The number of hydrogen-bond donors (Lipinski definition) is 3. The number of benzene rings is 1. The highest BCUT2D eigenvalue weighted by molar-refractivity contribution is 7.90. The highest BCUT2D eigenvalue weighted by atomic mass is 32.2. The second kappa shape index (κ2) is 7.07. The van der Waals surface area contributed by atoms with Crippen LogP contribution in [0.3, 0.4) is 0 Å². The number of rotatable bonds is 6. The standard InChI is InChI=1S/C13H18N2O5S/c1-9(3-8-12(16)17)14-13(18)15-10-4-6-11(7-5-10)21(2,19)20/h4-7,9H,3,8H2,1-2H3,(H,16,17)(H2,14,15,18). The van der Waals surface area contributed by atoms with Crippen molar-refractivity contribution in [1.82, 2.24) is 5.32 Å². The fourth-order valence-electron chi connectivity index (χ4n) is 1.59. The first-order chi connectivity index (χ1) is 9.68. The Morgan fingerprint density at radius 2 is 1.81 bits per heavy atom. The molecule has 1 rings (SSSR count). The Bertz CT molecular complexity index is 610. The number of nitrogens with one attached hydrogen (secondary N) is 2. The van der Waals surface area contributed by atoms with Crippen LogP contribution in [0.1, 0.15) is 19.8 Å². The molecule has 0 spiro atoms. The molecular formula is C13H18N2O5S. The second-order valence-corrected chi connectivity index (χ2v) is 6.74. The van der Waals surface area contributed by atoms with E-state index in [9.17, 15) is 18.0 Å². The molecule has 0 saturated carbocycles. The summed E-state index contributed by atoms with van der Waals surface area (Å²) in [6, 6.07) is 5.02. The van der Waals surface area contributed by atoms with Crippen LogP contribution in [-0.4, -0.2) is 37.8 Å². The van der Waals surface area contributed by atoms with Gasteiger partial charge >= 0.3 is 12.0 Å². The van der Waals surface area contributed by atoms with E-state index in [0.717, 1.165) is 6.26 Å². The van der Waals surface area contributed by atoms with Crippen molar-refractivity contribution in [3.63, 3.8) is 0 Å². The van der Waals surface area contributed by atoms with E-state index < -0.39 is 21.8 Å². The lowest BCUT2D eigenvalue weighted by molar-refractivity contribution is -0.137. The minimum Gasteiger partial charge on any atom is -0.481 e. The van der Waals surface area contributed by atoms with Gasteiger partial charge in [0.1, 0.15) is 0 Å². The van der Waals surface area contributed by atoms with Gasteiger partial charge in [0.05, 0.1) is 4.90 Å². The number of carbonyl (C=O) groups is 2. The third-order valence-electron chi connectivity index (χ3n) is 2.71. The van der Waals surface area contributed by atoms with Gasteiger partial charge < -0.3 is 15.7 Å². The first-order valence-corrected chi connectivity index (χ1v) is 8.17. The van der Waals surface area contributed by atoms with Crippen LogP contribution in [0, 0.1) is 0 Å². The molecule has 0 saturated heterocycles. The molecule has 0 radical (unpaired) electrons. The molecule has 1 atom stereocenters. The number of aliphatic carboxylic acids is 1. The molecule has 1 unspecified atom stereocenters. The molecule has 2 amide bonds. The van der Waals surface area contributed by atoms with Gasteiger partial charge in [-0.2, -0.15) is 0 Å². The molecule has 0 heterocycles. The molecule has 0 aliphatic heterocycles. The molecule has 3 N–H and O–H groups in total. The van der Waals surface area contributed by atoms with Gasteiger partial charge in [-0.1, -0.05) is 0 Å². The fourth-order valence-corrected chi connectivity index (χ4v) is 2.22. The monoisotopic (exact) mass is 314 g/mol. The molecule has 1 aromatic carbocycles. The van der Waals surface area contributed by atoms with Crippen molar-refractivity contribution in [3.05, 3.63) is 24.3 Å². The quantitative estimate of drug-likeness (QED) is 0.736. The Morgan fingerprint density at radius 3 is 2.29 bits per heavy atom. The molecule has 7 nitrogen and oxygen atoms in total. The van der Waals surface area contributed by atoms with Crippen LogP contribution in [0.4, 0.5) is 10.5 Å². The van der Waals surface area contributed by atoms with Crippen LogP contribution in [-0.2, 0) is 14.6 Å². The number of carbonyl (C=O) groups excluding carboxylic acids is 1. The molecule has 8 heteroatoms. The maximum atomic E-state index is 11.7. The number of anilines is 1. The Labute approximate surface area is 123 Å². The number of sulfone groups is 1. The molecule has 1 aromatic rings. The van der Waals surface area contributed by atoms with Crippen LogP contribution in [0.25, 0.3) is 0 Å². The van der Waals surface area contributed by atoms with Crippen LogP contribution in [0.15, 0.2) is 29.2 Å². The van der Waals surface area contributed by atoms with Crippen LogP contribution >= 0.6 is 0 Å². The minimum atomic E-state index is -3.27. The highest BCUT2D eigenvalue weighted by Gasteiger charge is 2.10. The summed E-state index contributed by atoms with van der Waals surface area (Å²) in [7, 11) is -3.27. The third-order valence-corrected chi connectivity index (χ3v) is 3.84. The van der Waals surface area contributed by atoms with Crippen molar-refractivity contribution in [2.75, 3.05) is 11.6 Å². The highest BCUT2D eigenvalue weighted by Crippen LogP contribution is 2.13. The largest absolute Gasteiger partial charge is 0.481 e. The van der Waals surface area contributed by atoms with Crippen molar-refractivity contribution in [1.29, 1.82) is 0 Å². The SMILES string of the molecule is CC(CCC(=O)O)NC(=O)Nc1ccc(S(C)(=O)=O)cc1. The lowest BCUT2D eigenvalue weighted by Crippen LogP contribution is -2.36. The average molecular weight is 314 g/mol. The molecule has 0 aliphatic carbocycles. The molecule has 0 aromatic heterocycles. The Balaban J connectivity index is 2.53. The minimum absolute atomic E-state index is 0.0233. The van der Waals surface area contributed by atoms with Crippen molar-refractivity contribution in [3.8, 4) is 0 Å². The summed E-state index contributed by atoms with van der Waals surface area (Å²) in [6.45, 7) is 1.70. The normalized spacial score (nSPS) is 12.5. The third kappa shape index (κ3) is 6.26. The average Bonchev–Trinajstić information content (AvgIpc) is 2.35. The Morgan fingerprint density at radius 1 is 1.24 bits per heavy atom. The summed E-state index contributed by atoms with van der Waals surface area (Å²) >= 11 is 0. The molecule has 116 valence electrons. The van der Waals surface area contributed by atoms with E-state index in [-0.39, 0.29) is 17.4 Å². The van der Waals surface area contributed by atoms with Crippen molar-refractivity contribution in [2.24, 2.45) is 0 Å². The van der Waals surface area contributed by atoms with E-state index in [1.165, 1.54) is 24.3 Å². The summed E-state index contributed by atoms with van der Waals surface area (Å²) in [5.41, 5.74) is 0.449. The van der Waals surface area contributed by atoms with E-state index in [2.05, 4.69) is 10.6 Å². The first kappa shape index (κ1) is 17.0. The fraction of sp³-hybridized carbons (Fsp3) is 0.385. The van der Waals surface area contributed by atoms with Crippen LogP contribution < -0.4 is 10.6 Å². The predicted octanol–water partition coefficient (Wildman–Crippen LogP) is 1.46. The van der Waals surface area contributed by atoms with Crippen LogP contribution in [0.2, 0.25) is 0 Å². The Hall–Kier alpha value is -2.09. The molecule has 21 heavy (non-hydrogen) atoms.